The number of aryl methyl sites for hydroxylation is 1. The number of carbonyl (C=O) groups excluding carboxylic acids is 3. The number of rotatable bonds is 4. The highest BCUT2D eigenvalue weighted by molar-refractivity contribution is 7.20. The molecule has 0 spiro atoms. The van der Waals surface area contributed by atoms with Gasteiger partial charge in [-0.25, -0.2) is 4.98 Å². The van der Waals surface area contributed by atoms with Crippen LogP contribution in [0.5, 0.6) is 0 Å². The van der Waals surface area contributed by atoms with E-state index in [0.717, 1.165) is 20.8 Å². The van der Waals surface area contributed by atoms with Crippen LogP contribution in [0.15, 0.2) is 48.5 Å². The number of anilines is 2. The van der Waals surface area contributed by atoms with E-state index in [-0.39, 0.29) is 36.0 Å². The number of amides is 3. The molecule has 2 aromatic carbocycles. The first-order valence-electron chi connectivity index (χ1n) is 11.4. The maximum Gasteiger partial charge on any atom is 0.256 e. The number of nitrogens with one attached hydrogen (secondary N) is 1. The van der Waals surface area contributed by atoms with Crippen LogP contribution in [0.2, 0.25) is 0 Å². The van der Waals surface area contributed by atoms with Crippen molar-refractivity contribution in [3.8, 4) is 5.13 Å². The van der Waals surface area contributed by atoms with Crippen LogP contribution in [0.3, 0.4) is 0 Å². The standard InChI is InChI=1S/C26H25N5O3S/c1-15-13-21(28-24(34)16-5-8-18(9-6-16)30-22(32)11-12-23(30)33)31(29-15)25-27-19-10-7-17(26(2,3)4)14-20(19)35-25/h5-10,13-14H,11-12H2,1-4H3,(H,28,34). The first kappa shape index (κ1) is 22.9. The van der Waals surface area contributed by atoms with E-state index in [4.69, 9.17) is 4.98 Å². The molecule has 3 amide bonds. The number of hydrogen-bond acceptors (Lipinski definition) is 6. The van der Waals surface area contributed by atoms with Gasteiger partial charge in [-0.2, -0.15) is 9.78 Å². The molecular formula is C26H25N5O3S. The lowest BCUT2D eigenvalue weighted by atomic mass is 9.87. The Morgan fingerprint density at radius 2 is 1.69 bits per heavy atom. The van der Waals surface area contributed by atoms with Crippen LogP contribution in [0.1, 0.15) is 55.2 Å². The van der Waals surface area contributed by atoms with Gasteiger partial charge in [0.2, 0.25) is 16.9 Å². The Morgan fingerprint density at radius 1 is 1.00 bits per heavy atom. The summed E-state index contributed by atoms with van der Waals surface area (Å²) < 4.78 is 2.70. The van der Waals surface area contributed by atoms with Crippen molar-refractivity contribution in [2.45, 2.75) is 46.0 Å². The van der Waals surface area contributed by atoms with Crippen LogP contribution in [0.25, 0.3) is 15.3 Å². The Kier molecular flexibility index (Phi) is 5.52. The Balaban J connectivity index is 1.40. The maximum absolute atomic E-state index is 13.0. The van der Waals surface area contributed by atoms with E-state index < -0.39 is 0 Å². The second-order valence-electron chi connectivity index (χ2n) is 9.64. The highest BCUT2D eigenvalue weighted by atomic mass is 32.1. The highest BCUT2D eigenvalue weighted by Gasteiger charge is 2.30. The lowest BCUT2D eigenvalue weighted by Gasteiger charge is -2.18. The summed E-state index contributed by atoms with van der Waals surface area (Å²) in [7, 11) is 0. The van der Waals surface area contributed by atoms with Crippen molar-refractivity contribution in [2.24, 2.45) is 0 Å². The van der Waals surface area contributed by atoms with E-state index in [0.29, 0.717) is 22.2 Å². The van der Waals surface area contributed by atoms with Crippen LogP contribution in [0.4, 0.5) is 11.5 Å². The minimum atomic E-state index is -0.326. The third-order valence-electron chi connectivity index (χ3n) is 5.94. The van der Waals surface area contributed by atoms with Gasteiger partial charge in [-0.1, -0.05) is 38.2 Å². The molecule has 2 aromatic heterocycles. The molecule has 8 nitrogen and oxygen atoms in total. The van der Waals surface area contributed by atoms with Gasteiger partial charge >= 0.3 is 0 Å². The summed E-state index contributed by atoms with van der Waals surface area (Å²) in [4.78, 5) is 42.8. The summed E-state index contributed by atoms with van der Waals surface area (Å²) in [5.41, 5.74) is 3.76. The summed E-state index contributed by atoms with van der Waals surface area (Å²) in [6.45, 7) is 8.38. The van der Waals surface area contributed by atoms with Crippen molar-refractivity contribution in [3.05, 3.63) is 65.4 Å². The quantitative estimate of drug-likeness (QED) is 0.409. The van der Waals surface area contributed by atoms with E-state index in [1.54, 1.807) is 35.0 Å². The molecule has 0 aliphatic carbocycles. The Bertz CT molecular complexity index is 1460. The van der Waals surface area contributed by atoms with Crippen LogP contribution in [0, 0.1) is 6.92 Å². The van der Waals surface area contributed by atoms with Crippen molar-refractivity contribution in [3.63, 3.8) is 0 Å². The van der Waals surface area contributed by atoms with Gasteiger partial charge in [0.05, 0.1) is 21.6 Å². The third kappa shape index (κ3) is 4.35. The van der Waals surface area contributed by atoms with E-state index in [2.05, 4.69) is 43.3 Å². The molecule has 178 valence electrons. The second kappa shape index (κ2) is 8.42. The largest absolute Gasteiger partial charge is 0.306 e. The fourth-order valence-corrected chi connectivity index (χ4v) is 4.99. The molecule has 35 heavy (non-hydrogen) atoms. The molecule has 1 saturated heterocycles. The molecule has 0 bridgehead atoms. The van der Waals surface area contributed by atoms with Crippen LogP contribution in [-0.2, 0) is 15.0 Å². The van der Waals surface area contributed by atoms with Gasteiger partial charge < -0.3 is 5.32 Å². The lowest BCUT2D eigenvalue weighted by Crippen LogP contribution is -2.28. The molecule has 0 atom stereocenters. The number of benzene rings is 2. The average molecular weight is 488 g/mol. The average Bonchev–Trinajstić information content (AvgIpc) is 3.49. The van der Waals surface area contributed by atoms with E-state index in [1.165, 1.54) is 16.9 Å². The predicted octanol–water partition coefficient (Wildman–Crippen LogP) is 4.99. The van der Waals surface area contributed by atoms with Gasteiger partial charge in [0.15, 0.2) is 0 Å². The second-order valence-corrected chi connectivity index (χ2v) is 10.6. The van der Waals surface area contributed by atoms with Crippen LogP contribution < -0.4 is 10.2 Å². The molecule has 5 rings (SSSR count). The lowest BCUT2D eigenvalue weighted by molar-refractivity contribution is -0.121. The Labute approximate surface area is 206 Å². The smallest absolute Gasteiger partial charge is 0.256 e. The first-order valence-corrected chi connectivity index (χ1v) is 12.2. The number of nitrogens with zero attached hydrogens (tertiary/aromatic N) is 4. The number of thiazole rings is 1. The minimum absolute atomic E-state index is 0.0324. The SMILES string of the molecule is Cc1cc(NC(=O)c2ccc(N3C(=O)CCC3=O)cc2)n(-c2nc3ccc(C(C)(C)C)cc3s2)n1. The van der Waals surface area contributed by atoms with Gasteiger partial charge in [-0.3, -0.25) is 19.3 Å². The van der Waals surface area contributed by atoms with Gasteiger partial charge in [0.1, 0.15) is 5.82 Å². The molecule has 1 aliphatic heterocycles. The summed E-state index contributed by atoms with van der Waals surface area (Å²) >= 11 is 1.52. The van der Waals surface area contributed by atoms with E-state index >= 15 is 0 Å². The summed E-state index contributed by atoms with van der Waals surface area (Å²) in [5, 5.41) is 8.12. The van der Waals surface area contributed by atoms with Gasteiger partial charge in [0, 0.05) is 24.5 Å². The predicted molar refractivity (Wildman–Crippen MR) is 136 cm³/mol. The molecule has 3 heterocycles. The molecule has 0 unspecified atom stereocenters. The number of imide groups is 1. The van der Waals surface area contributed by atoms with Crippen molar-refractivity contribution in [1.29, 1.82) is 0 Å². The van der Waals surface area contributed by atoms with E-state index in [9.17, 15) is 14.4 Å². The number of fused-ring (bicyclic) bond motifs is 1. The minimum Gasteiger partial charge on any atom is -0.306 e. The number of carbonyl (C=O) groups is 3. The molecular weight excluding hydrogens is 462 g/mol. The van der Waals surface area contributed by atoms with Crippen molar-refractivity contribution in [2.75, 3.05) is 10.2 Å². The van der Waals surface area contributed by atoms with Crippen molar-refractivity contribution >= 4 is 50.8 Å². The third-order valence-corrected chi connectivity index (χ3v) is 6.93. The Morgan fingerprint density at radius 3 is 2.34 bits per heavy atom. The van der Waals surface area contributed by atoms with Gasteiger partial charge in [0.25, 0.3) is 5.91 Å². The zero-order valence-electron chi connectivity index (χ0n) is 20.0. The zero-order chi connectivity index (χ0) is 24.9. The zero-order valence-corrected chi connectivity index (χ0v) is 20.8. The molecule has 1 fully saturated rings. The molecule has 9 heteroatoms. The topological polar surface area (TPSA) is 97.2 Å². The highest BCUT2D eigenvalue weighted by Crippen LogP contribution is 2.32. The molecule has 1 aliphatic rings. The number of hydrogen-bond donors (Lipinski definition) is 1. The summed E-state index contributed by atoms with van der Waals surface area (Å²) in [6, 6.07) is 14.5. The Hall–Kier alpha value is -3.85. The number of aromatic nitrogens is 3. The fraction of sp³-hybridized carbons (Fsp3) is 0.269. The van der Waals surface area contributed by atoms with Crippen molar-refractivity contribution < 1.29 is 14.4 Å². The van der Waals surface area contributed by atoms with Crippen molar-refractivity contribution in [1.82, 2.24) is 14.8 Å². The van der Waals surface area contributed by atoms with Crippen LogP contribution >= 0.6 is 11.3 Å². The fourth-order valence-electron chi connectivity index (χ4n) is 4.02. The molecule has 0 radical (unpaired) electrons. The normalized spacial score (nSPS) is 14.2. The molecule has 0 saturated carbocycles. The van der Waals surface area contributed by atoms with Crippen LogP contribution in [-0.4, -0.2) is 32.5 Å². The van der Waals surface area contributed by atoms with Gasteiger partial charge in [-0.15, -0.1) is 0 Å². The monoisotopic (exact) mass is 487 g/mol. The molecule has 4 aromatic rings. The van der Waals surface area contributed by atoms with E-state index in [1.807, 2.05) is 13.0 Å². The van der Waals surface area contributed by atoms with Gasteiger partial charge in [-0.05, 0) is 54.3 Å². The maximum atomic E-state index is 13.0. The first-order chi connectivity index (χ1) is 16.6. The summed E-state index contributed by atoms with van der Waals surface area (Å²) in [5.74, 6) is -0.265. The summed E-state index contributed by atoms with van der Waals surface area (Å²) in [6.07, 6.45) is 0.432. The molecule has 1 N–H and O–H groups in total.